The summed E-state index contributed by atoms with van der Waals surface area (Å²) in [5.41, 5.74) is 0.158. The highest BCUT2D eigenvalue weighted by Gasteiger charge is 2.29. The number of anilines is 1. The number of esters is 1. The molecule has 14 nitrogen and oxygen atoms in total. The maximum atomic E-state index is 12.4. The highest BCUT2D eigenvalue weighted by Crippen LogP contribution is 2.20. The molecule has 2 saturated heterocycles. The van der Waals surface area contributed by atoms with Crippen molar-refractivity contribution in [2.75, 3.05) is 92.6 Å². The quantitative estimate of drug-likeness (QED) is 0.453. The first-order valence-corrected chi connectivity index (χ1v) is 13.3. The molecule has 38 heavy (non-hydrogen) atoms. The minimum absolute atomic E-state index is 0. The van der Waals surface area contributed by atoms with Crippen molar-refractivity contribution in [3.63, 3.8) is 0 Å². The number of methoxy groups -OCH3 is 1. The Morgan fingerprint density at radius 3 is 1.95 bits per heavy atom. The molecule has 0 aliphatic carbocycles. The van der Waals surface area contributed by atoms with E-state index in [1.807, 2.05) is 11.9 Å². The Labute approximate surface area is 229 Å². The van der Waals surface area contributed by atoms with E-state index in [-0.39, 0.29) is 29.7 Å². The van der Waals surface area contributed by atoms with Crippen molar-refractivity contribution in [2.45, 2.75) is 6.42 Å². The number of carboxylic acids is 1. The van der Waals surface area contributed by atoms with Crippen molar-refractivity contribution in [1.82, 2.24) is 28.0 Å². The average Bonchev–Trinajstić information content (AvgIpc) is 3.54. The molecule has 1 N–H and O–H groups in total. The van der Waals surface area contributed by atoms with Gasteiger partial charge in [0, 0.05) is 72.9 Å². The Hall–Kier alpha value is -2.72. The first-order valence-electron chi connectivity index (χ1n) is 11.9. The molecule has 3 aliphatic rings. The topological polar surface area (TPSA) is 144 Å². The predicted molar refractivity (Wildman–Crippen MR) is 145 cm³/mol. The van der Waals surface area contributed by atoms with E-state index in [1.54, 1.807) is 6.08 Å². The molecule has 1 aromatic heterocycles. The summed E-state index contributed by atoms with van der Waals surface area (Å²) < 4.78 is 31.6. The smallest absolute Gasteiger partial charge is 0.358 e. The molecule has 0 atom stereocenters. The summed E-state index contributed by atoms with van der Waals surface area (Å²) in [6.45, 7) is 6.77. The average molecular weight is 577 g/mol. The number of carbonyl (C=O) groups excluding carboxylic acids is 1. The standard InChI is InChI=1S/C12H21N5O4S.C10H15N3O2.ClH/c1-14(2)22(19,20)17-9-10(11(18)21-4)13-12(17)16-7-5-15(3)6-8-16;1-12-4-6-13(7-5-12)9-3-2-8(11-9)10(14)15;/h9H,5-8H2,1-4H3;2H,3-7H2,1H3,(H,14,15);1H. The van der Waals surface area contributed by atoms with Gasteiger partial charge in [-0.05, 0) is 20.2 Å². The van der Waals surface area contributed by atoms with Crippen LogP contribution in [0, 0.1) is 0 Å². The second kappa shape index (κ2) is 13.4. The van der Waals surface area contributed by atoms with Gasteiger partial charge in [0.05, 0.1) is 13.3 Å². The number of aliphatic imine (C=N–C) groups is 1. The van der Waals surface area contributed by atoms with Crippen LogP contribution < -0.4 is 4.90 Å². The molecule has 0 amide bonds. The summed E-state index contributed by atoms with van der Waals surface area (Å²) in [5.74, 6) is -0.454. The monoisotopic (exact) mass is 576 g/mol. The Kier molecular flexibility index (Phi) is 11.1. The van der Waals surface area contributed by atoms with Gasteiger partial charge in [0.2, 0.25) is 5.95 Å². The molecule has 0 unspecified atom stereocenters. The van der Waals surface area contributed by atoms with Gasteiger partial charge in [-0.3, -0.25) is 0 Å². The van der Waals surface area contributed by atoms with Crippen LogP contribution in [-0.4, -0.2) is 147 Å². The van der Waals surface area contributed by atoms with Crippen molar-refractivity contribution in [1.29, 1.82) is 0 Å². The molecule has 3 aliphatic heterocycles. The molecule has 1 aromatic rings. The van der Waals surface area contributed by atoms with Crippen molar-refractivity contribution >= 4 is 46.3 Å². The normalized spacial score (nSPS) is 18.8. The van der Waals surface area contributed by atoms with Crippen LogP contribution in [-0.2, 0) is 19.7 Å². The lowest BCUT2D eigenvalue weighted by Crippen LogP contribution is -2.46. The molecular formula is C22H37ClN8O6S. The number of piperazine rings is 2. The lowest BCUT2D eigenvalue weighted by Gasteiger charge is -2.33. The van der Waals surface area contributed by atoms with Gasteiger partial charge in [0.1, 0.15) is 11.5 Å². The van der Waals surface area contributed by atoms with Crippen molar-refractivity contribution in [3.05, 3.63) is 23.7 Å². The fraction of sp³-hybridized carbons (Fsp3) is 0.636. The summed E-state index contributed by atoms with van der Waals surface area (Å²) >= 11 is 0. The fourth-order valence-corrected chi connectivity index (χ4v) is 4.89. The van der Waals surface area contributed by atoms with Crippen LogP contribution in [0.1, 0.15) is 16.9 Å². The first kappa shape index (κ1) is 31.5. The number of carbonyl (C=O) groups is 2. The van der Waals surface area contributed by atoms with Crippen molar-refractivity contribution in [2.24, 2.45) is 4.99 Å². The first-order chi connectivity index (χ1) is 17.4. The number of aliphatic carboxylic acids is 1. The maximum absolute atomic E-state index is 12.4. The number of imidazole rings is 1. The lowest BCUT2D eigenvalue weighted by atomic mass is 10.3. The molecule has 0 aromatic carbocycles. The summed E-state index contributed by atoms with van der Waals surface area (Å²) in [5, 5.41) is 8.77. The second-order valence-electron chi connectivity index (χ2n) is 9.21. The number of ether oxygens (including phenoxy) is 1. The number of likely N-dealkylation sites (N-methyl/N-ethyl adjacent to an activating group) is 2. The van der Waals surface area contributed by atoms with Gasteiger partial charge in [0.25, 0.3) is 0 Å². The van der Waals surface area contributed by atoms with Crippen LogP contribution in [0.3, 0.4) is 0 Å². The Morgan fingerprint density at radius 1 is 0.974 bits per heavy atom. The van der Waals surface area contributed by atoms with Gasteiger partial charge in [-0.25, -0.2) is 19.6 Å². The number of hydrogen-bond acceptors (Lipinski definition) is 11. The van der Waals surface area contributed by atoms with Crippen LogP contribution >= 0.6 is 12.4 Å². The summed E-state index contributed by atoms with van der Waals surface area (Å²) in [4.78, 5) is 39.1. The van der Waals surface area contributed by atoms with Crippen LogP contribution in [0.4, 0.5) is 5.95 Å². The molecular weight excluding hydrogens is 540 g/mol. The third kappa shape index (κ3) is 7.44. The molecule has 2 fully saturated rings. The predicted octanol–water partition coefficient (Wildman–Crippen LogP) is -0.498. The van der Waals surface area contributed by atoms with Crippen LogP contribution in [0.2, 0.25) is 0 Å². The zero-order valence-corrected chi connectivity index (χ0v) is 24.0. The fourth-order valence-electron chi connectivity index (χ4n) is 3.94. The van der Waals surface area contributed by atoms with Gasteiger partial charge in [-0.2, -0.15) is 16.7 Å². The number of halogens is 1. The third-order valence-electron chi connectivity index (χ3n) is 6.36. The van der Waals surface area contributed by atoms with Crippen LogP contribution in [0.5, 0.6) is 0 Å². The summed E-state index contributed by atoms with van der Waals surface area (Å²) in [6.07, 6.45) is 3.54. The van der Waals surface area contributed by atoms with E-state index in [9.17, 15) is 18.0 Å². The molecule has 16 heteroatoms. The molecule has 0 bridgehead atoms. The lowest BCUT2D eigenvalue weighted by molar-refractivity contribution is -0.132. The van der Waals surface area contributed by atoms with Crippen LogP contribution in [0.25, 0.3) is 0 Å². The zero-order chi connectivity index (χ0) is 27.3. The van der Waals surface area contributed by atoms with Gasteiger partial charge >= 0.3 is 22.1 Å². The maximum Gasteiger partial charge on any atom is 0.358 e. The van der Waals surface area contributed by atoms with Crippen LogP contribution in [0.15, 0.2) is 23.0 Å². The Balaban J connectivity index is 0.000000277. The van der Waals surface area contributed by atoms with Gasteiger partial charge in [0.15, 0.2) is 5.69 Å². The number of amidine groups is 1. The van der Waals surface area contributed by atoms with E-state index < -0.39 is 22.1 Å². The Bertz CT molecular complexity index is 1150. The van der Waals surface area contributed by atoms with Gasteiger partial charge in [-0.15, -0.1) is 12.4 Å². The summed E-state index contributed by atoms with van der Waals surface area (Å²) in [6, 6.07) is 0. The van der Waals surface area contributed by atoms with Gasteiger partial charge in [-0.1, -0.05) is 0 Å². The SMILES string of the molecule is CN1CCN(C2=NC(C(=O)O)=CC2)CC1.COC(=O)c1cn(S(=O)(=O)N(C)C)c(N2CCN(C)CC2)n1.Cl. The van der Waals surface area contributed by atoms with E-state index in [0.717, 1.165) is 53.4 Å². The second-order valence-corrected chi connectivity index (χ2v) is 11.2. The summed E-state index contributed by atoms with van der Waals surface area (Å²) in [7, 11) is 4.42. The van der Waals surface area contributed by atoms with Crippen molar-refractivity contribution < 1.29 is 27.9 Å². The molecule has 4 heterocycles. The molecule has 0 saturated carbocycles. The van der Waals surface area contributed by atoms with E-state index in [0.29, 0.717) is 19.5 Å². The molecule has 214 valence electrons. The molecule has 4 rings (SSSR count). The van der Waals surface area contributed by atoms with Gasteiger partial charge < -0.3 is 29.4 Å². The van der Waals surface area contributed by atoms with E-state index in [1.165, 1.54) is 27.4 Å². The highest BCUT2D eigenvalue weighted by atomic mass is 35.5. The van der Waals surface area contributed by atoms with E-state index in [2.05, 4.69) is 36.5 Å². The minimum atomic E-state index is -3.77. The minimum Gasteiger partial charge on any atom is -0.477 e. The third-order valence-corrected chi connectivity index (χ3v) is 8.05. The zero-order valence-electron chi connectivity index (χ0n) is 22.4. The van der Waals surface area contributed by atoms with E-state index >= 15 is 0 Å². The van der Waals surface area contributed by atoms with E-state index in [4.69, 9.17) is 5.11 Å². The number of carboxylic acid groups (broad SMARTS) is 1. The number of aromatic nitrogens is 2. The number of rotatable bonds is 5. The number of nitrogens with zero attached hydrogens (tertiary/aromatic N) is 8. The largest absolute Gasteiger partial charge is 0.477 e. The molecule has 0 radical (unpaired) electrons. The number of hydrogen-bond donors (Lipinski definition) is 1. The highest BCUT2D eigenvalue weighted by molar-refractivity contribution is 7.87. The van der Waals surface area contributed by atoms with Crippen molar-refractivity contribution in [3.8, 4) is 0 Å². The Morgan fingerprint density at radius 2 is 1.50 bits per heavy atom. The molecule has 0 spiro atoms.